The van der Waals surface area contributed by atoms with E-state index in [9.17, 15) is 25.2 Å². The molecule has 4 atom stereocenters. The van der Waals surface area contributed by atoms with Crippen molar-refractivity contribution in [2.45, 2.75) is 353 Å². The molecule has 0 aromatic carbocycles. The molecule has 0 radical (unpaired) electrons. The minimum absolute atomic E-state index is 0.363. The maximum Gasteiger partial charge on any atom is 0.249 e. The number of carbonyl (C=O) groups is 1. The summed E-state index contributed by atoms with van der Waals surface area (Å²) in [5.41, 5.74) is 0. The van der Waals surface area contributed by atoms with E-state index in [2.05, 4.69) is 55.6 Å². The molecule has 0 aromatic rings. The van der Waals surface area contributed by atoms with Gasteiger partial charge in [0, 0.05) is 0 Å². The number of allylic oxidation sites excluding steroid dienone is 6. The SMILES string of the molecule is CCCCCCCCCCC/C=C\C/C=C\CCCCCCCCCCCCCCCCC(O)C(=O)NC(CO)C(O)C(O)CCC/C=C/CCCCCCCCCCCCCCCCCCCC. The Morgan fingerprint density at radius 2 is 0.638 bits per heavy atom. The summed E-state index contributed by atoms with van der Waals surface area (Å²) in [4.78, 5) is 12.6. The Kier molecular flexibility index (Phi) is 56.2. The fourth-order valence-corrected chi connectivity index (χ4v) is 9.73. The summed E-state index contributed by atoms with van der Waals surface area (Å²) in [5, 5.41) is 44.1. The van der Waals surface area contributed by atoms with E-state index in [-0.39, 0.29) is 0 Å². The minimum Gasteiger partial charge on any atom is -0.394 e. The number of hydrogen-bond acceptors (Lipinski definition) is 5. The van der Waals surface area contributed by atoms with Crippen LogP contribution in [0.25, 0.3) is 0 Å². The van der Waals surface area contributed by atoms with E-state index in [0.29, 0.717) is 12.8 Å². The minimum atomic E-state index is -1.28. The molecule has 0 bridgehead atoms. The van der Waals surface area contributed by atoms with Gasteiger partial charge in [-0.25, -0.2) is 0 Å². The van der Waals surface area contributed by atoms with Gasteiger partial charge < -0.3 is 25.7 Å². The van der Waals surface area contributed by atoms with Crippen molar-refractivity contribution < 1.29 is 25.2 Å². The lowest BCUT2D eigenvalue weighted by Gasteiger charge is -2.27. The predicted octanol–water partition coefficient (Wildman–Crippen LogP) is 18.4. The Morgan fingerprint density at radius 3 is 0.957 bits per heavy atom. The number of aliphatic hydroxyl groups excluding tert-OH is 4. The lowest BCUT2D eigenvalue weighted by atomic mass is 10.00. The Hall–Kier alpha value is -1.47. The zero-order chi connectivity index (χ0) is 50.2. The van der Waals surface area contributed by atoms with Gasteiger partial charge in [0.25, 0.3) is 0 Å². The first-order valence-electron chi connectivity index (χ1n) is 30.9. The second-order valence-corrected chi connectivity index (χ2v) is 21.4. The van der Waals surface area contributed by atoms with Crippen molar-refractivity contribution in [2.24, 2.45) is 0 Å². The highest BCUT2D eigenvalue weighted by Crippen LogP contribution is 2.18. The molecule has 0 saturated carbocycles. The van der Waals surface area contributed by atoms with E-state index < -0.39 is 36.9 Å². The monoisotopic (exact) mass is 972 g/mol. The summed E-state index contributed by atoms with van der Waals surface area (Å²) in [6.07, 6.45) is 72.3. The molecular weight excluding hydrogens is 851 g/mol. The van der Waals surface area contributed by atoms with Crippen LogP contribution in [0.5, 0.6) is 0 Å². The molecule has 0 heterocycles. The third-order valence-electron chi connectivity index (χ3n) is 14.6. The van der Waals surface area contributed by atoms with Gasteiger partial charge in [0.2, 0.25) is 5.91 Å². The smallest absolute Gasteiger partial charge is 0.249 e. The predicted molar refractivity (Wildman–Crippen MR) is 302 cm³/mol. The Labute approximate surface area is 430 Å². The second-order valence-electron chi connectivity index (χ2n) is 21.4. The van der Waals surface area contributed by atoms with E-state index >= 15 is 0 Å². The van der Waals surface area contributed by atoms with Crippen molar-refractivity contribution in [3.8, 4) is 0 Å². The van der Waals surface area contributed by atoms with Crippen LogP contribution in [-0.2, 0) is 4.79 Å². The molecule has 6 heteroatoms. The molecule has 5 N–H and O–H groups in total. The molecule has 0 saturated heterocycles. The van der Waals surface area contributed by atoms with Crippen LogP contribution in [0, 0.1) is 0 Å². The number of aliphatic hydroxyl groups is 4. The van der Waals surface area contributed by atoms with E-state index in [1.54, 1.807) is 0 Å². The molecule has 0 aliphatic rings. The molecule has 4 unspecified atom stereocenters. The van der Waals surface area contributed by atoms with Gasteiger partial charge in [0.05, 0.1) is 18.8 Å². The Bertz CT molecular complexity index is 1090. The number of amides is 1. The van der Waals surface area contributed by atoms with Crippen LogP contribution in [0.4, 0.5) is 0 Å². The summed E-state index contributed by atoms with van der Waals surface area (Å²) in [7, 11) is 0. The van der Waals surface area contributed by atoms with E-state index in [0.717, 1.165) is 44.9 Å². The van der Waals surface area contributed by atoms with Gasteiger partial charge in [-0.15, -0.1) is 0 Å². The average molecular weight is 973 g/mol. The normalized spacial score (nSPS) is 13.9. The summed E-state index contributed by atoms with van der Waals surface area (Å²) in [6.45, 7) is 4.08. The molecule has 1 amide bonds. The van der Waals surface area contributed by atoms with Gasteiger partial charge in [-0.05, 0) is 70.6 Å². The third kappa shape index (κ3) is 51.2. The Balaban J connectivity index is 3.62. The number of nitrogens with one attached hydrogen (secondary N) is 1. The van der Waals surface area contributed by atoms with Crippen LogP contribution in [0.2, 0.25) is 0 Å². The summed E-state index contributed by atoms with van der Waals surface area (Å²) in [5.74, 6) is -0.590. The highest BCUT2D eigenvalue weighted by molar-refractivity contribution is 5.80. The van der Waals surface area contributed by atoms with Crippen LogP contribution in [0.1, 0.15) is 328 Å². The van der Waals surface area contributed by atoms with Gasteiger partial charge in [-0.1, -0.05) is 294 Å². The molecule has 69 heavy (non-hydrogen) atoms. The molecule has 0 aromatic heterocycles. The van der Waals surface area contributed by atoms with Crippen molar-refractivity contribution in [2.75, 3.05) is 6.61 Å². The highest BCUT2D eigenvalue weighted by Gasteiger charge is 2.28. The third-order valence-corrected chi connectivity index (χ3v) is 14.6. The largest absolute Gasteiger partial charge is 0.394 e. The summed E-state index contributed by atoms with van der Waals surface area (Å²) in [6, 6.07) is -1.00. The van der Waals surface area contributed by atoms with E-state index in [1.165, 1.54) is 257 Å². The number of hydrogen-bond donors (Lipinski definition) is 5. The summed E-state index contributed by atoms with van der Waals surface area (Å²) >= 11 is 0. The maximum atomic E-state index is 12.6. The van der Waals surface area contributed by atoms with Crippen LogP contribution >= 0.6 is 0 Å². The molecule has 0 aliphatic carbocycles. The molecule has 0 fully saturated rings. The lowest BCUT2D eigenvalue weighted by Crippen LogP contribution is -2.53. The first-order valence-corrected chi connectivity index (χ1v) is 30.9. The number of carbonyl (C=O) groups excluding carboxylic acids is 1. The number of rotatable bonds is 57. The van der Waals surface area contributed by atoms with Gasteiger partial charge in [0.1, 0.15) is 12.2 Å². The van der Waals surface area contributed by atoms with Crippen molar-refractivity contribution in [3.05, 3.63) is 36.5 Å². The van der Waals surface area contributed by atoms with E-state index in [1.807, 2.05) is 0 Å². The van der Waals surface area contributed by atoms with Gasteiger partial charge >= 0.3 is 0 Å². The van der Waals surface area contributed by atoms with Gasteiger partial charge in [-0.3, -0.25) is 4.79 Å². The van der Waals surface area contributed by atoms with Crippen molar-refractivity contribution >= 4 is 5.91 Å². The molecule has 408 valence electrons. The first-order chi connectivity index (χ1) is 34.0. The fourth-order valence-electron chi connectivity index (χ4n) is 9.73. The van der Waals surface area contributed by atoms with Crippen molar-refractivity contribution in [1.82, 2.24) is 5.32 Å². The molecule has 0 aliphatic heterocycles. The van der Waals surface area contributed by atoms with Crippen molar-refractivity contribution in [3.63, 3.8) is 0 Å². The lowest BCUT2D eigenvalue weighted by molar-refractivity contribution is -0.132. The van der Waals surface area contributed by atoms with Crippen LogP contribution in [-0.4, -0.2) is 57.3 Å². The average Bonchev–Trinajstić information content (AvgIpc) is 3.35. The van der Waals surface area contributed by atoms with Crippen molar-refractivity contribution in [1.29, 1.82) is 0 Å². The second kappa shape index (κ2) is 57.4. The maximum absolute atomic E-state index is 12.6. The summed E-state index contributed by atoms with van der Waals surface area (Å²) < 4.78 is 0. The quantitative estimate of drug-likeness (QED) is 0.0308. The van der Waals surface area contributed by atoms with Gasteiger partial charge in [-0.2, -0.15) is 0 Å². The zero-order valence-corrected chi connectivity index (χ0v) is 46.3. The molecule has 0 rings (SSSR count). The zero-order valence-electron chi connectivity index (χ0n) is 46.3. The standard InChI is InChI=1S/C63H121NO5/c1-3-5-7-9-11-13-15-17-19-21-23-25-27-28-29-30-31-32-33-35-37-39-41-43-45-47-49-51-53-55-57-61(67)63(69)64-59(58-65)62(68)60(66)56-54-52-50-48-46-44-42-40-38-36-34-26-24-22-20-18-16-14-12-10-8-6-4-2/h23,25,28-29,48,50,59-62,65-68H,3-22,24,26-27,30-47,49,51-58H2,1-2H3,(H,64,69)/b25-23-,29-28-,50-48+. The molecule has 6 nitrogen and oxygen atoms in total. The fraction of sp³-hybridized carbons (Fsp3) is 0.889. The van der Waals surface area contributed by atoms with E-state index in [4.69, 9.17) is 0 Å². The highest BCUT2D eigenvalue weighted by atomic mass is 16.3. The van der Waals surface area contributed by atoms with Gasteiger partial charge in [0.15, 0.2) is 0 Å². The Morgan fingerprint density at radius 1 is 0.362 bits per heavy atom. The van der Waals surface area contributed by atoms with Crippen LogP contribution in [0.3, 0.4) is 0 Å². The molecular formula is C63H121NO5. The number of unbranched alkanes of at least 4 members (excludes halogenated alkanes) is 42. The van der Waals surface area contributed by atoms with Crippen LogP contribution in [0.15, 0.2) is 36.5 Å². The molecule has 0 spiro atoms. The topological polar surface area (TPSA) is 110 Å². The first kappa shape index (κ1) is 67.5. The van der Waals surface area contributed by atoms with Crippen LogP contribution < -0.4 is 5.32 Å².